The summed E-state index contributed by atoms with van der Waals surface area (Å²) in [5, 5.41) is 0. The molecule has 0 spiro atoms. The number of likely N-dealkylation sites (tertiary alicyclic amines) is 1. The topological polar surface area (TPSA) is 49.6 Å². The Labute approximate surface area is 127 Å². The van der Waals surface area contributed by atoms with Crippen molar-refractivity contribution < 1.29 is 4.79 Å². The van der Waals surface area contributed by atoms with Crippen LogP contribution in [0.25, 0.3) is 0 Å². The molecule has 1 saturated heterocycles. The van der Waals surface area contributed by atoms with Gasteiger partial charge in [-0.05, 0) is 31.4 Å². The molecule has 1 amide bonds. The monoisotopic (exact) mass is 289 g/mol. The number of nitrogens with zero attached hydrogens (tertiary/aromatic N) is 2. The summed E-state index contributed by atoms with van der Waals surface area (Å²) >= 11 is 0. The highest BCUT2D eigenvalue weighted by atomic mass is 16.2. The summed E-state index contributed by atoms with van der Waals surface area (Å²) in [6.45, 7) is 4.91. The molecule has 4 nitrogen and oxygen atoms in total. The highest BCUT2D eigenvalue weighted by Gasteiger charge is 2.29. The van der Waals surface area contributed by atoms with Gasteiger partial charge in [0, 0.05) is 25.7 Å². The number of nitrogens with two attached hydrogens (primary N) is 1. The molecule has 1 aliphatic rings. The van der Waals surface area contributed by atoms with Crippen molar-refractivity contribution in [3.63, 3.8) is 0 Å². The van der Waals surface area contributed by atoms with Crippen LogP contribution in [0.1, 0.15) is 25.3 Å². The Morgan fingerprint density at radius 2 is 2.10 bits per heavy atom. The number of piperidine rings is 1. The van der Waals surface area contributed by atoms with Crippen LogP contribution < -0.4 is 5.73 Å². The second kappa shape index (κ2) is 7.57. The van der Waals surface area contributed by atoms with Gasteiger partial charge < -0.3 is 10.6 Å². The lowest BCUT2D eigenvalue weighted by molar-refractivity contribution is -0.136. The summed E-state index contributed by atoms with van der Waals surface area (Å²) in [5.74, 6) is 0.875. The van der Waals surface area contributed by atoms with Crippen LogP contribution in [0.4, 0.5) is 0 Å². The van der Waals surface area contributed by atoms with Crippen LogP contribution in [0.2, 0.25) is 0 Å². The molecule has 2 rings (SSSR count). The second-order valence-corrected chi connectivity index (χ2v) is 6.26. The Bertz CT molecular complexity index is 449. The van der Waals surface area contributed by atoms with E-state index in [1.54, 1.807) is 0 Å². The van der Waals surface area contributed by atoms with Crippen LogP contribution in [-0.2, 0) is 11.3 Å². The van der Waals surface area contributed by atoms with E-state index >= 15 is 0 Å². The van der Waals surface area contributed by atoms with Gasteiger partial charge in [-0.3, -0.25) is 9.69 Å². The molecule has 1 aliphatic heterocycles. The Morgan fingerprint density at radius 3 is 2.76 bits per heavy atom. The van der Waals surface area contributed by atoms with Gasteiger partial charge >= 0.3 is 0 Å². The zero-order valence-corrected chi connectivity index (χ0v) is 13.2. The number of amides is 1. The minimum atomic E-state index is 0.204. The Morgan fingerprint density at radius 1 is 1.38 bits per heavy atom. The third-order valence-electron chi connectivity index (χ3n) is 4.27. The maximum atomic E-state index is 12.5. The third kappa shape index (κ3) is 4.55. The van der Waals surface area contributed by atoms with Crippen LogP contribution in [0.5, 0.6) is 0 Å². The van der Waals surface area contributed by atoms with Crippen molar-refractivity contribution in [2.45, 2.75) is 32.4 Å². The lowest BCUT2D eigenvalue weighted by atomic mass is 9.92. The number of benzene rings is 1. The van der Waals surface area contributed by atoms with Crippen molar-refractivity contribution in [3.8, 4) is 0 Å². The standard InChI is InChI=1S/C17H27N3O/c1-14-8-9-20(16(10-14)11-18)17(21)13-19(2)12-15-6-4-3-5-7-15/h3-7,14,16H,8-13,18H2,1-2H3. The van der Waals surface area contributed by atoms with Gasteiger partial charge in [-0.1, -0.05) is 37.3 Å². The van der Waals surface area contributed by atoms with Gasteiger partial charge in [0.1, 0.15) is 0 Å². The van der Waals surface area contributed by atoms with Crippen molar-refractivity contribution in [3.05, 3.63) is 35.9 Å². The molecule has 1 aromatic carbocycles. The van der Waals surface area contributed by atoms with E-state index in [9.17, 15) is 4.79 Å². The number of hydrogen-bond acceptors (Lipinski definition) is 3. The normalized spacial score (nSPS) is 22.6. The summed E-state index contributed by atoms with van der Waals surface area (Å²) in [5.41, 5.74) is 7.07. The molecular weight excluding hydrogens is 262 g/mol. The molecule has 0 aromatic heterocycles. The molecule has 0 aliphatic carbocycles. The van der Waals surface area contributed by atoms with Gasteiger partial charge in [-0.25, -0.2) is 0 Å². The lowest BCUT2D eigenvalue weighted by Crippen LogP contribution is -2.51. The molecule has 21 heavy (non-hydrogen) atoms. The largest absolute Gasteiger partial charge is 0.337 e. The number of rotatable bonds is 5. The zero-order valence-electron chi connectivity index (χ0n) is 13.2. The summed E-state index contributed by atoms with van der Waals surface area (Å²) in [6.07, 6.45) is 2.12. The molecule has 0 bridgehead atoms. The zero-order chi connectivity index (χ0) is 15.2. The molecule has 1 heterocycles. The van der Waals surface area contributed by atoms with E-state index in [1.165, 1.54) is 5.56 Å². The minimum Gasteiger partial charge on any atom is -0.337 e. The number of carbonyl (C=O) groups is 1. The molecule has 1 fully saturated rings. The molecule has 0 radical (unpaired) electrons. The highest BCUT2D eigenvalue weighted by molar-refractivity contribution is 5.78. The minimum absolute atomic E-state index is 0.204. The predicted molar refractivity (Wildman–Crippen MR) is 85.7 cm³/mol. The van der Waals surface area contributed by atoms with Crippen molar-refractivity contribution in [1.29, 1.82) is 0 Å². The van der Waals surface area contributed by atoms with Crippen LogP contribution in [-0.4, -0.2) is 48.4 Å². The smallest absolute Gasteiger partial charge is 0.237 e. The molecule has 2 atom stereocenters. The molecule has 4 heteroatoms. The molecule has 116 valence electrons. The van der Waals surface area contributed by atoms with Gasteiger partial charge in [-0.15, -0.1) is 0 Å². The van der Waals surface area contributed by atoms with Crippen LogP contribution in [0.3, 0.4) is 0 Å². The Kier molecular flexibility index (Phi) is 5.76. The molecule has 2 N–H and O–H groups in total. The Hall–Kier alpha value is -1.39. The fourth-order valence-corrected chi connectivity index (χ4v) is 3.08. The van der Waals surface area contributed by atoms with Crippen LogP contribution >= 0.6 is 0 Å². The van der Waals surface area contributed by atoms with Gasteiger partial charge in [0.25, 0.3) is 0 Å². The van der Waals surface area contributed by atoms with Gasteiger partial charge in [-0.2, -0.15) is 0 Å². The molecule has 0 saturated carbocycles. The van der Waals surface area contributed by atoms with E-state index in [0.29, 0.717) is 19.0 Å². The van der Waals surface area contributed by atoms with Crippen molar-refractivity contribution in [2.75, 3.05) is 26.7 Å². The SMILES string of the molecule is CC1CCN(C(=O)CN(C)Cc2ccccc2)C(CN)C1. The first-order chi connectivity index (χ1) is 10.1. The summed E-state index contributed by atoms with van der Waals surface area (Å²) in [6, 6.07) is 10.5. The summed E-state index contributed by atoms with van der Waals surface area (Å²) < 4.78 is 0. The first-order valence-electron chi connectivity index (χ1n) is 7.82. The lowest BCUT2D eigenvalue weighted by Gasteiger charge is -2.38. The van der Waals surface area contributed by atoms with Gasteiger partial charge in [0.15, 0.2) is 0 Å². The van der Waals surface area contributed by atoms with Crippen LogP contribution in [0, 0.1) is 5.92 Å². The van der Waals surface area contributed by atoms with E-state index in [4.69, 9.17) is 5.73 Å². The van der Waals surface area contributed by atoms with Crippen molar-refractivity contribution >= 4 is 5.91 Å². The van der Waals surface area contributed by atoms with E-state index in [-0.39, 0.29) is 11.9 Å². The van der Waals surface area contributed by atoms with Crippen molar-refractivity contribution in [2.24, 2.45) is 11.7 Å². The van der Waals surface area contributed by atoms with E-state index in [0.717, 1.165) is 25.9 Å². The first-order valence-corrected chi connectivity index (χ1v) is 7.82. The van der Waals surface area contributed by atoms with E-state index in [1.807, 2.05) is 30.1 Å². The average Bonchev–Trinajstić information content (AvgIpc) is 2.47. The van der Waals surface area contributed by atoms with Crippen molar-refractivity contribution in [1.82, 2.24) is 9.80 Å². The summed E-state index contributed by atoms with van der Waals surface area (Å²) in [7, 11) is 1.99. The maximum absolute atomic E-state index is 12.5. The average molecular weight is 289 g/mol. The second-order valence-electron chi connectivity index (χ2n) is 6.26. The first kappa shape index (κ1) is 16.0. The predicted octanol–water partition coefficient (Wildman–Crippen LogP) is 1.70. The fourth-order valence-electron chi connectivity index (χ4n) is 3.08. The number of carbonyl (C=O) groups excluding carboxylic acids is 1. The Balaban J connectivity index is 1.88. The van der Waals surface area contributed by atoms with Gasteiger partial charge in [0.05, 0.1) is 6.54 Å². The number of hydrogen-bond donors (Lipinski definition) is 1. The maximum Gasteiger partial charge on any atom is 0.237 e. The molecule has 1 aromatic rings. The number of likely N-dealkylation sites (N-methyl/N-ethyl adjacent to an activating group) is 1. The molecular formula is C17H27N3O. The molecule has 2 unspecified atom stereocenters. The van der Waals surface area contributed by atoms with Crippen LogP contribution in [0.15, 0.2) is 30.3 Å². The summed E-state index contributed by atoms with van der Waals surface area (Å²) in [4.78, 5) is 16.6. The van der Waals surface area contributed by atoms with E-state index < -0.39 is 0 Å². The third-order valence-corrected chi connectivity index (χ3v) is 4.27. The highest BCUT2D eigenvalue weighted by Crippen LogP contribution is 2.22. The quantitative estimate of drug-likeness (QED) is 0.897. The van der Waals surface area contributed by atoms with Gasteiger partial charge in [0.2, 0.25) is 5.91 Å². The fraction of sp³-hybridized carbons (Fsp3) is 0.588. The van der Waals surface area contributed by atoms with E-state index in [2.05, 4.69) is 24.0 Å².